The zero-order chi connectivity index (χ0) is 14.7. The number of anilines is 1. The van der Waals surface area contributed by atoms with Crippen molar-refractivity contribution in [2.24, 2.45) is 0 Å². The predicted molar refractivity (Wildman–Crippen MR) is 85.4 cm³/mol. The molecule has 2 heterocycles. The lowest BCUT2D eigenvalue weighted by atomic mass is 9.95. The van der Waals surface area contributed by atoms with E-state index in [1.54, 1.807) is 0 Å². The number of nitrogens with zero attached hydrogens (tertiary/aromatic N) is 3. The van der Waals surface area contributed by atoms with Gasteiger partial charge in [0.15, 0.2) is 0 Å². The van der Waals surface area contributed by atoms with Gasteiger partial charge in [0.2, 0.25) is 5.95 Å². The summed E-state index contributed by atoms with van der Waals surface area (Å²) in [4.78, 5) is 9.10. The molecule has 0 amide bonds. The van der Waals surface area contributed by atoms with Crippen LogP contribution in [0.25, 0.3) is 0 Å². The lowest BCUT2D eigenvalue weighted by Gasteiger charge is -2.25. The van der Waals surface area contributed by atoms with Crippen molar-refractivity contribution in [2.75, 3.05) is 5.32 Å². The van der Waals surface area contributed by atoms with Crippen LogP contribution in [-0.4, -0.2) is 14.5 Å². The monoisotopic (exact) mass is 284 g/mol. The summed E-state index contributed by atoms with van der Waals surface area (Å²) in [5.74, 6) is 0.984. The molecule has 4 nitrogen and oxygen atoms in total. The standard InChI is InChI=1S/C17H24N4/c1-13-12-21(15-8-4-3-5-9-15)17(19-13)20-14(2)16-10-6-7-11-18-16/h6-7,10-12,14-15H,3-5,8-9H2,1-2H3,(H,19,20). The molecular weight excluding hydrogens is 260 g/mol. The molecule has 1 fully saturated rings. The van der Waals surface area contributed by atoms with E-state index in [4.69, 9.17) is 0 Å². The third kappa shape index (κ3) is 3.26. The Morgan fingerprint density at radius 3 is 2.76 bits per heavy atom. The molecule has 2 aromatic rings. The van der Waals surface area contributed by atoms with E-state index in [0.29, 0.717) is 6.04 Å². The van der Waals surface area contributed by atoms with Crippen LogP contribution in [0.3, 0.4) is 0 Å². The van der Waals surface area contributed by atoms with Gasteiger partial charge >= 0.3 is 0 Å². The first-order valence-electron chi connectivity index (χ1n) is 7.97. The summed E-state index contributed by atoms with van der Waals surface area (Å²) in [5, 5.41) is 3.53. The van der Waals surface area contributed by atoms with Crippen LogP contribution < -0.4 is 5.32 Å². The predicted octanol–water partition coefficient (Wildman–Crippen LogP) is 4.26. The number of hydrogen-bond acceptors (Lipinski definition) is 3. The molecule has 1 unspecified atom stereocenters. The summed E-state index contributed by atoms with van der Waals surface area (Å²) in [6.45, 7) is 4.20. The minimum atomic E-state index is 0.162. The van der Waals surface area contributed by atoms with E-state index < -0.39 is 0 Å². The summed E-state index contributed by atoms with van der Waals surface area (Å²) < 4.78 is 2.34. The van der Waals surface area contributed by atoms with Crippen LogP contribution >= 0.6 is 0 Å². The Balaban J connectivity index is 1.78. The Hall–Kier alpha value is -1.84. The van der Waals surface area contributed by atoms with Crippen molar-refractivity contribution in [2.45, 2.75) is 58.0 Å². The second-order valence-electron chi connectivity index (χ2n) is 6.03. The number of nitrogens with one attached hydrogen (secondary N) is 1. The summed E-state index contributed by atoms with van der Waals surface area (Å²) in [6.07, 6.45) is 10.6. The molecule has 0 saturated heterocycles. The highest BCUT2D eigenvalue weighted by atomic mass is 15.2. The van der Waals surface area contributed by atoms with E-state index in [9.17, 15) is 0 Å². The van der Waals surface area contributed by atoms with Gasteiger partial charge in [-0.05, 0) is 38.8 Å². The highest BCUT2D eigenvalue weighted by Gasteiger charge is 2.20. The zero-order valence-corrected chi connectivity index (χ0v) is 12.9. The molecule has 21 heavy (non-hydrogen) atoms. The first-order valence-corrected chi connectivity index (χ1v) is 7.97. The van der Waals surface area contributed by atoms with Crippen molar-refractivity contribution in [3.63, 3.8) is 0 Å². The number of hydrogen-bond donors (Lipinski definition) is 1. The first kappa shape index (κ1) is 14.1. The number of aromatic nitrogens is 3. The Bertz CT molecular complexity index is 570. The van der Waals surface area contributed by atoms with Gasteiger partial charge in [0.05, 0.1) is 17.4 Å². The Morgan fingerprint density at radius 1 is 1.24 bits per heavy atom. The summed E-state index contributed by atoms with van der Waals surface area (Å²) in [7, 11) is 0. The lowest BCUT2D eigenvalue weighted by Crippen LogP contribution is -2.17. The zero-order valence-electron chi connectivity index (χ0n) is 12.9. The highest BCUT2D eigenvalue weighted by Crippen LogP contribution is 2.31. The van der Waals surface area contributed by atoms with Crippen LogP contribution in [0.2, 0.25) is 0 Å². The number of pyridine rings is 1. The van der Waals surface area contributed by atoms with Crippen LogP contribution in [0.4, 0.5) is 5.95 Å². The Morgan fingerprint density at radius 2 is 2.05 bits per heavy atom. The molecule has 3 rings (SSSR count). The molecular formula is C17H24N4. The molecule has 4 heteroatoms. The van der Waals surface area contributed by atoms with Gasteiger partial charge in [0, 0.05) is 18.4 Å². The fourth-order valence-corrected chi connectivity index (χ4v) is 3.16. The van der Waals surface area contributed by atoms with Crippen LogP contribution in [0.5, 0.6) is 0 Å². The van der Waals surface area contributed by atoms with E-state index in [1.165, 1.54) is 32.1 Å². The van der Waals surface area contributed by atoms with E-state index in [2.05, 4.69) is 46.0 Å². The topological polar surface area (TPSA) is 42.7 Å². The molecule has 2 aromatic heterocycles. The maximum absolute atomic E-state index is 4.68. The van der Waals surface area contributed by atoms with Crippen LogP contribution in [0.15, 0.2) is 30.6 Å². The fraction of sp³-hybridized carbons (Fsp3) is 0.529. The lowest BCUT2D eigenvalue weighted by molar-refractivity contribution is 0.355. The van der Waals surface area contributed by atoms with Gasteiger partial charge < -0.3 is 9.88 Å². The first-order chi connectivity index (χ1) is 10.2. The summed E-state index contributed by atoms with van der Waals surface area (Å²) >= 11 is 0. The van der Waals surface area contributed by atoms with Gasteiger partial charge in [-0.1, -0.05) is 25.3 Å². The summed E-state index contributed by atoms with van der Waals surface area (Å²) in [6, 6.07) is 6.79. The number of rotatable bonds is 4. The number of aryl methyl sites for hydroxylation is 1. The maximum atomic E-state index is 4.68. The van der Waals surface area contributed by atoms with Gasteiger partial charge in [0.1, 0.15) is 0 Å². The van der Waals surface area contributed by atoms with Gasteiger partial charge in [0.25, 0.3) is 0 Å². The van der Waals surface area contributed by atoms with Crippen molar-refractivity contribution in [3.05, 3.63) is 42.0 Å². The normalized spacial score (nSPS) is 17.6. The van der Waals surface area contributed by atoms with Crippen molar-refractivity contribution in [1.29, 1.82) is 0 Å². The molecule has 0 aromatic carbocycles. The van der Waals surface area contributed by atoms with Crippen molar-refractivity contribution in [1.82, 2.24) is 14.5 Å². The molecule has 1 atom stereocenters. The third-order valence-electron chi connectivity index (χ3n) is 4.30. The summed E-state index contributed by atoms with van der Waals surface area (Å²) in [5.41, 5.74) is 2.13. The van der Waals surface area contributed by atoms with Crippen LogP contribution in [0.1, 0.15) is 62.5 Å². The molecule has 0 radical (unpaired) electrons. The minimum absolute atomic E-state index is 0.162. The largest absolute Gasteiger partial charge is 0.348 e. The molecule has 1 aliphatic rings. The third-order valence-corrected chi connectivity index (χ3v) is 4.30. The van der Waals surface area contributed by atoms with E-state index in [1.807, 2.05) is 18.3 Å². The molecule has 1 aliphatic carbocycles. The second kappa shape index (κ2) is 6.29. The van der Waals surface area contributed by atoms with E-state index in [0.717, 1.165) is 17.3 Å². The van der Waals surface area contributed by atoms with Crippen molar-refractivity contribution >= 4 is 5.95 Å². The van der Waals surface area contributed by atoms with Gasteiger partial charge in [-0.2, -0.15) is 0 Å². The van der Waals surface area contributed by atoms with Gasteiger partial charge in [-0.3, -0.25) is 4.98 Å². The minimum Gasteiger partial charge on any atom is -0.348 e. The molecule has 112 valence electrons. The van der Waals surface area contributed by atoms with Crippen LogP contribution in [0, 0.1) is 6.92 Å². The SMILES string of the molecule is Cc1cn(C2CCCCC2)c(NC(C)c2ccccn2)n1. The van der Waals surface area contributed by atoms with Gasteiger partial charge in [-0.25, -0.2) is 4.98 Å². The smallest absolute Gasteiger partial charge is 0.203 e. The molecule has 0 spiro atoms. The van der Waals surface area contributed by atoms with E-state index >= 15 is 0 Å². The quantitative estimate of drug-likeness (QED) is 0.912. The van der Waals surface area contributed by atoms with Gasteiger partial charge in [-0.15, -0.1) is 0 Å². The Labute approximate surface area is 126 Å². The molecule has 1 saturated carbocycles. The molecule has 1 N–H and O–H groups in total. The fourth-order valence-electron chi connectivity index (χ4n) is 3.16. The Kier molecular flexibility index (Phi) is 4.23. The average molecular weight is 284 g/mol. The van der Waals surface area contributed by atoms with Crippen molar-refractivity contribution < 1.29 is 0 Å². The molecule has 0 bridgehead atoms. The second-order valence-corrected chi connectivity index (χ2v) is 6.03. The number of imidazole rings is 1. The van der Waals surface area contributed by atoms with Crippen LogP contribution in [-0.2, 0) is 0 Å². The maximum Gasteiger partial charge on any atom is 0.203 e. The van der Waals surface area contributed by atoms with E-state index in [-0.39, 0.29) is 6.04 Å². The molecule has 0 aliphatic heterocycles. The average Bonchev–Trinajstić information content (AvgIpc) is 2.89. The highest BCUT2D eigenvalue weighted by molar-refractivity contribution is 5.33. The van der Waals surface area contributed by atoms with Crippen molar-refractivity contribution in [3.8, 4) is 0 Å².